The number of hydrogen-bond donors (Lipinski definition) is 1. The van der Waals surface area contributed by atoms with Gasteiger partial charge in [0.15, 0.2) is 5.78 Å². The van der Waals surface area contributed by atoms with E-state index in [2.05, 4.69) is 12.2 Å². The van der Waals surface area contributed by atoms with Crippen LogP contribution in [0.5, 0.6) is 0 Å². The summed E-state index contributed by atoms with van der Waals surface area (Å²) in [5.74, 6) is 0.240. The normalized spacial score (nSPS) is 10.7. The van der Waals surface area contributed by atoms with Crippen molar-refractivity contribution >= 4 is 5.78 Å². The lowest BCUT2D eigenvalue weighted by Gasteiger charge is -2.06. The molecule has 0 aromatic rings. The maximum Gasteiger partial charge on any atom is 0.161 e. The van der Waals surface area contributed by atoms with Crippen molar-refractivity contribution in [1.82, 2.24) is 5.32 Å². The topological polar surface area (TPSA) is 38.3 Å². The van der Waals surface area contributed by atoms with Crippen molar-refractivity contribution in [2.45, 2.75) is 27.2 Å². The van der Waals surface area contributed by atoms with E-state index in [1.54, 1.807) is 0 Å². The molecule has 0 rings (SSSR count). The molecule has 0 atom stereocenters. The third-order valence-corrected chi connectivity index (χ3v) is 1.52. The second-order valence-corrected chi connectivity index (χ2v) is 3.11. The lowest BCUT2D eigenvalue weighted by Crippen LogP contribution is -2.23. The van der Waals surface area contributed by atoms with E-state index in [-0.39, 0.29) is 18.3 Å². The van der Waals surface area contributed by atoms with Crippen LogP contribution in [0.1, 0.15) is 27.2 Å². The minimum absolute atomic E-state index is 0.0798. The van der Waals surface area contributed by atoms with Crippen LogP contribution in [0.4, 0.5) is 0 Å². The molecular weight excluding hydrogens is 154 g/mol. The fourth-order valence-corrected chi connectivity index (χ4v) is 0.639. The first kappa shape index (κ1) is 11.6. The quantitative estimate of drug-likeness (QED) is 0.464. The number of Topliss-reactive ketones (excluding diaryl/α,β-unsaturated/α-hetero) is 1. The summed E-state index contributed by atoms with van der Waals surface area (Å²) in [6, 6.07) is 0. The van der Waals surface area contributed by atoms with Gasteiger partial charge in [-0.25, -0.2) is 0 Å². The largest absolute Gasteiger partial charge is 0.359 e. The molecule has 0 aromatic heterocycles. The van der Waals surface area contributed by atoms with Gasteiger partial charge in [-0.05, 0) is 13.0 Å². The second kappa shape index (κ2) is 7.25. The van der Waals surface area contributed by atoms with Crippen LogP contribution in [0.25, 0.3) is 0 Å². The minimum atomic E-state index is 0.0798. The molecule has 0 heterocycles. The second-order valence-electron chi connectivity index (χ2n) is 3.11. The number of carbonyl (C=O) groups is 1. The molecule has 0 aliphatic carbocycles. The number of ketones is 1. The minimum Gasteiger partial charge on any atom is -0.359 e. The van der Waals surface area contributed by atoms with Crippen molar-refractivity contribution in [2.75, 3.05) is 19.9 Å². The van der Waals surface area contributed by atoms with E-state index in [1.807, 2.05) is 13.8 Å². The van der Waals surface area contributed by atoms with Crippen molar-refractivity contribution in [3.05, 3.63) is 0 Å². The van der Waals surface area contributed by atoms with E-state index < -0.39 is 0 Å². The summed E-state index contributed by atoms with van der Waals surface area (Å²) in [6.45, 7) is 7.50. The van der Waals surface area contributed by atoms with Gasteiger partial charge >= 0.3 is 0 Å². The van der Waals surface area contributed by atoms with Gasteiger partial charge in [-0.1, -0.05) is 20.8 Å². The van der Waals surface area contributed by atoms with Crippen molar-refractivity contribution in [1.29, 1.82) is 0 Å². The van der Waals surface area contributed by atoms with Crippen LogP contribution in [-0.4, -0.2) is 25.7 Å². The van der Waals surface area contributed by atoms with Crippen LogP contribution in [-0.2, 0) is 9.53 Å². The zero-order valence-electron chi connectivity index (χ0n) is 8.22. The molecule has 0 amide bonds. The van der Waals surface area contributed by atoms with Crippen LogP contribution >= 0.6 is 0 Å². The molecule has 0 aliphatic rings. The van der Waals surface area contributed by atoms with Gasteiger partial charge < -0.3 is 4.74 Å². The summed E-state index contributed by atoms with van der Waals surface area (Å²) in [4.78, 5) is 11.0. The Labute approximate surface area is 74.5 Å². The molecule has 1 N–H and O–H groups in total. The Kier molecular flexibility index (Phi) is 7.00. The molecule has 72 valence electrons. The van der Waals surface area contributed by atoms with Gasteiger partial charge in [0.1, 0.15) is 6.61 Å². The van der Waals surface area contributed by atoms with Gasteiger partial charge in [0.25, 0.3) is 0 Å². The highest BCUT2D eigenvalue weighted by atomic mass is 16.5. The lowest BCUT2D eigenvalue weighted by molar-refractivity contribution is -0.126. The Morgan fingerprint density at radius 3 is 2.67 bits per heavy atom. The van der Waals surface area contributed by atoms with Crippen LogP contribution in [0.2, 0.25) is 0 Å². The molecule has 0 saturated carbocycles. The van der Waals surface area contributed by atoms with E-state index in [0.29, 0.717) is 6.73 Å². The molecule has 0 radical (unpaired) electrons. The van der Waals surface area contributed by atoms with Gasteiger partial charge in [-0.2, -0.15) is 0 Å². The smallest absolute Gasteiger partial charge is 0.161 e. The SMILES string of the molecule is CCCNCOCC(=O)C(C)C. The van der Waals surface area contributed by atoms with Gasteiger partial charge in [0, 0.05) is 5.92 Å². The van der Waals surface area contributed by atoms with Gasteiger partial charge in [0.2, 0.25) is 0 Å². The van der Waals surface area contributed by atoms with Crippen LogP contribution in [0, 0.1) is 5.92 Å². The molecule has 12 heavy (non-hydrogen) atoms. The predicted octanol–water partition coefficient (Wildman–Crippen LogP) is 1.19. The average molecular weight is 173 g/mol. The van der Waals surface area contributed by atoms with E-state index in [4.69, 9.17) is 4.74 Å². The molecule has 0 fully saturated rings. The zero-order chi connectivity index (χ0) is 9.40. The summed E-state index contributed by atoms with van der Waals surface area (Å²) < 4.78 is 5.10. The Hall–Kier alpha value is -0.410. The Morgan fingerprint density at radius 2 is 2.17 bits per heavy atom. The van der Waals surface area contributed by atoms with Gasteiger partial charge in [-0.15, -0.1) is 0 Å². The Bertz CT molecular complexity index is 124. The number of hydrogen-bond acceptors (Lipinski definition) is 3. The monoisotopic (exact) mass is 173 g/mol. The lowest BCUT2D eigenvalue weighted by atomic mass is 10.1. The highest BCUT2D eigenvalue weighted by molar-refractivity contribution is 5.81. The van der Waals surface area contributed by atoms with Crippen LogP contribution < -0.4 is 5.32 Å². The number of rotatable bonds is 7. The van der Waals surface area contributed by atoms with Gasteiger partial charge in [-0.3, -0.25) is 10.1 Å². The number of ether oxygens (including phenoxy) is 1. The fourth-order valence-electron chi connectivity index (χ4n) is 0.639. The van der Waals surface area contributed by atoms with Crippen molar-refractivity contribution in [3.63, 3.8) is 0 Å². The maximum absolute atomic E-state index is 11.0. The molecule has 0 unspecified atom stereocenters. The van der Waals surface area contributed by atoms with E-state index in [9.17, 15) is 4.79 Å². The van der Waals surface area contributed by atoms with Crippen molar-refractivity contribution in [2.24, 2.45) is 5.92 Å². The Balaban J connectivity index is 3.14. The Morgan fingerprint density at radius 1 is 1.50 bits per heavy atom. The highest BCUT2D eigenvalue weighted by Crippen LogP contribution is 1.93. The summed E-state index contributed by atoms with van der Waals surface area (Å²) in [6.07, 6.45) is 1.08. The third-order valence-electron chi connectivity index (χ3n) is 1.52. The van der Waals surface area contributed by atoms with Gasteiger partial charge in [0.05, 0.1) is 6.73 Å². The maximum atomic E-state index is 11.0. The zero-order valence-corrected chi connectivity index (χ0v) is 8.22. The predicted molar refractivity (Wildman–Crippen MR) is 49.0 cm³/mol. The van der Waals surface area contributed by atoms with Crippen molar-refractivity contribution in [3.8, 4) is 0 Å². The van der Waals surface area contributed by atoms with E-state index in [0.717, 1.165) is 13.0 Å². The average Bonchev–Trinajstić information content (AvgIpc) is 2.03. The van der Waals surface area contributed by atoms with Crippen molar-refractivity contribution < 1.29 is 9.53 Å². The molecule has 0 bridgehead atoms. The highest BCUT2D eigenvalue weighted by Gasteiger charge is 2.05. The standard InChI is InChI=1S/C9H19NO2/c1-4-5-10-7-12-6-9(11)8(2)3/h8,10H,4-7H2,1-3H3. The molecule has 0 saturated heterocycles. The molecule has 0 aliphatic heterocycles. The first-order valence-electron chi connectivity index (χ1n) is 4.49. The summed E-state index contributed by atoms with van der Waals surface area (Å²) >= 11 is 0. The molecule has 3 heteroatoms. The molecule has 0 spiro atoms. The number of nitrogens with one attached hydrogen (secondary N) is 1. The summed E-state index contributed by atoms with van der Waals surface area (Å²) in [7, 11) is 0. The van der Waals surface area contributed by atoms with Crippen LogP contribution in [0.3, 0.4) is 0 Å². The first-order valence-corrected chi connectivity index (χ1v) is 4.49. The first-order chi connectivity index (χ1) is 5.68. The molecule has 3 nitrogen and oxygen atoms in total. The van der Waals surface area contributed by atoms with E-state index in [1.165, 1.54) is 0 Å². The van der Waals surface area contributed by atoms with E-state index >= 15 is 0 Å². The third kappa shape index (κ3) is 6.31. The summed E-state index contributed by atoms with van der Waals surface area (Å²) in [5.41, 5.74) is 0. The molecule has 0 aromatic carbocycles. The fraction of sp³-hybridized carbons (Fsp3) is 0.889. The number of carbonyl (C=O) groups excluding carboxylic acids is 1. The van der Waals surface area contributed by atoms with Crippen LogP contribution in [0.15, 0.2) is 0 Å². The summed E-state index contributed by atoms with van der Waals surface area (Å²) in [5, 5.41) is 3.05. The molecular formula is C9H19NO2.